The summed E-state index contributed by atoms with van der Waals surface area (Å²) in [6.07, 6.45) is 1.67. The molecule has 30 heavy (non-hydrogen) atoms. The molecule has 2 heterocycles. The van der Waals surface area contributed by atoms with Crippen molar-refractivity contribution in [3.63, 3.8) is 0 Å². The minimum atomic E-state index is -0.220. The molecule has 1 N–H and O–H groups in total. The van der Waals surface area contributed by atoms with Gasteiger partial charge in [-0.3, -0.25) is 0 Å². The number of urea groups is 1. The first-order chi connectivity index (χ1) is 14.4. The Labute approximate surface area is 183 Å². The zero-order valence-electron chi connectivity index (χ0n) is 16.4. The molecule has 2 amide bonds. The molecule has 1 fully saturated rings. The molecule has 2 aromatic carbocycles. The first kappa shape index (κ1) is 20.5. The molecule has 0 saturated carbocycles. The minimum Gasteiger partial charge on any atom is -0.324 e. The number of aromatic nitrogens is 3. The van der Waals surface area contributed by atoms with E-state index in [1.807, 2.05) is 30.3 Å². The Morgan fingerprint density at radius 3 is 2.63 bits per heavy atom. The largest absolute Gasteiger partial charge is 0.350 e. The van der Waals surface area contributed by atoms with E-state index in [4.69, 9.17) is 23.2 Å². The van der Waals surface area contributed by atoms with E-state index in [-0.39, 0.29) is 17.6 Å². The summed E-state index contributed by atoms with van der Waals surface area (Å²) in [7, 11) is 1.64. The Morgan fingerprint density at radius 2 is 1.90 bits per heavy atom. The first-order valence-corrected chi connectivity index (χ1v) is 10.4. The van der Waals surface area contributed by atoms with Crippen LogP contribution in [-0.4, -0.2) is 38.4 Å². The number of rotatable bonds is 3. The number of nitrogens with zero attached hydrogens (tertiary/aromatic N) is 4. The molecular formula is C21H21Cl2N5O2. The topological polar surface area (TPSA) is 72.2 Å². The second-order valence-corrected chi connectivity index (χ2v) is 8.09. The lowest BCUT2D eigenvalue weighted by Gasteiger charge is -2.32. The van der Waals surface area contributed by atoms with Crippen LogP contribution in [0.25, 0.3) is 5.69 Å². The highest BCUT2D eigenvalue weighted by atomic mass is 35.5. The summed E-state index contributed by atoms with van der Waals surface area (Å²) in [5.41, 5.74) is 1.15. The van der Waals surface area contributed by atoms with Gasteiger partial charge in [0.2, 0.25) is 0 Å². The Morgan fingerprint density at radius 1 is 1.13 bits per heavy atom. The van der Waals surface area contributed by atoms with Crippen molar-refractivity contribution in [2.45, 2.75) is 18.8 Å². The molecule has 1 aromatic heterocycles. The number of halogens is 2. The second-order valence-electron chi connectivity index (χ2n) is 7.28. The maximum absolute atomic E-state index is 12.8. The number of likely N-dealkylation sites (tertiary alicyclic amines) is 1. The van der Waals surface area contributed by atoms with Crippen molar-refractivity contribution in [3.05, 3.63) is 74.9 Å². The van der Waals surface area contributed by atoms with Crippen LogP contribution in [0.1, 0.15) is 24.6 Å². The lowest BCUT2D eigenvalue weighted by molar-refractivity contribution is 0.191. The molecule has 1 unspecified atom stereocenters. The molecule has 9 heteroatoms. The summed E-state index contributed by atoms with van der Waals surface area (Å²) in [6, 6.07) is 14.2. The average molecular weight is 446 g/mol. The Hall–Kier alpha value is -2.77. The normalized spacial score (nSPS) is 16.5. The zero-order chi connectivity index (χ0) is 21.3. The molecule has 1 aliphatic heterocycles. The molecule has 1 saturated heterocycles. The summed E-state index contributed by atoms with van der Waals surface area (Å²) < 4.78 is 2.97. The van der Waals surface area contributed by atoms with Gasteiger partial charge in [-0.2, -0.15) is 5.10 Å². The number of carbonyl (C=O) groups is 1. The second kappa shape index (κ2) is 8.53. The molecule has 0 bridgehead atoms. The Bertz CT molecular complexity index is 1130. The fourth-order valence-electron chi connectivity index (χ4n) is 3.72. The van der Waals surface area contributed by atoms with E-state index in [9.17, 15) is 9.59 Å². The molecule has 7 nitrogen and oxygen atoms in total. The number of anilines is 1. The van der Waals surface area contributed by atoms with Gasteiger partial charge in [-0.25, -0.2) is 18.8 Å². The number of carbonyl (C=O) groups excluding carboxylic acids is 1. The zero-order valence-corrected chi connectivity index (χ0v) is 17.9. The van der Waals surface area contributed by atoms with E-state index in [0.717, 1.165) is 18.5 Å². The van der Waals surface area contributed by atoms with Crippen molar-refractivity contribution in [3.8, 4) is 5.69 Å². The van der Waals surface area contributed by atoms with Gasteiger partial charge in [-0.1, -0.05) is 41.4 Å². The summed E-state index contributed by atoms with van der Waals surface area (Å²) >= 11 is 12.0. The van der Waals surface area contributed by atoms with E-state index >= 15 is 0 Å². The van der Waals surface area contributed by atoms with Crippen LogP contribution in [-0.2, 0) is 7.05 Å². The summed E-state index contributed by atoms with van der Waals surface area (Å²) in [5.74, 6) is 0.619. The predicted octanol–water partition coefficient (Wildman–Crippen LogP) is 4.29. The third-order valence-electron chi connectivity index (χ3n) is 5.21. The SMILES string of the molecule is Cn1nc(C2CCCN(C(=O)Nc3ccc(Cl)c(Cl)c3)C2)n(-c2ccccc2)c1=O. The Kier molecular flexibility index (Phi) is 5.83. The van der Waals surface area contributed by atoms with Crippen molar-refractivity contribution in [1.29, 1.82) is 0 Å². The van der Waals surface area contributed by atoms with Gasteiger partial charge in [0.25, 0.3) is 0 Å². The van der Waals surface area contributed by atoms with Gasteiger partial charge < -0.3 is 10.2 Å². The van der Waals surface area contributed by atoms with Crippen molar-refractivity contribution in [2.24, 2.45) is 7.05 Å². The molecule has 0 radical (unpaired) electrons. The van der Waals surface area contributed by atoms with Crippen LogP contribution in [0.4, 0.5) is 10.5 Å². The van der Waals surface area contributed by atoms with Crippen LogP contribution in [0, 0.1) is 0 Å². The molecule has 1 aliphatic rings. The third kappa shape index (κ3) is 4.08. The quantitative estimate of drug-likeness (QED) is 0.653. The number of piperidine rings is 1. The van der Waals surface area contributed by atoms with Gasteiger partial charge in [-0.15, -0.1) is 0 Å². The minimum absolute atomic E-state index is 0.0487. The first-order valence-electron chi connectivity index (χ1n) is 9.66. The van der Waals surface area contributed by atoms with E-state index in [1.165, 1.54) is 4.68 Å². The highest BCUT2D eigenvalue weighted by Crippen LogP contribution is 2.28. The van der Waals surface area contributed by atoms with Crippen molar-refractivity contribution in [1.82, 2.24) is 19.2 Å². The standard InChI is InChI=1S/C21H21Cl2N5O2/c1-26-21(30)28(16-7-3-2-4-8-16)19(25-26)14-6-5-11-27(13-14)20(29)24-15-9-10-17(22)18(23)12-15/h2-4,7-10,12,14H,5-6,11,13H2,1H3,(H,24,29). The fraction of sp³-hybridized carbons (Fsp3) is 0.286. The lowest BCUT2D eigenvalue weighted by Crippen LogP contribution is -2.42. The van der Waals surface area contributed by atoms with E-state index in [0.29, 0.717) is 34.6 Å². The molecule has 0 aliphatic carbocycles. The van der Waals surface area contributed by atoms with Crippen LogP contribution in [0.3, 0.4) is 0 Å². The summed E-state index contributed by atoms with van der Waals surface area (Å²) in [4.78, 5) is 27.2. The van der Waals surface area contributed by atoms with Crippen LogP contribution < -0.4 is 11.0 Å². The number of nitrogens with one attached hydrogen (secondary N) is 1. The van der Waals surface area contributed by atoms with Crippen molar-refractivity contribution < 1.29 is 4.79 Å². The molecular weight excluding hydrogens is 425 g/mol. The highest BCUT2D eigenvalue weighted by Gasteiger charge is 2.29. The molecule has 4 rings (SSSR count). The lowest BCUT2D eigenvalue weighted by atomic mass is 9.97. The monoisotopic (exact) mass is 445 g/mol. The Balaban J connectivity index is 1.56. The maximum atomic E-state index is 12.8. The smallest absolute Gasteiger partial charge is 0.324 e. The summed E-state index contributed by atoms with van der Waals surface area (Å²) in [6.45, 7) is 1.10. The van der Waals surface area contributed by atoms with Gasteiger partial charge >= 0.3 is 11.7 Å². The maximum Gasteiger partial charge on any atom is 0.350 e. The van der Waals surface area contributed by atoms with Crippen LogP contribution in [0.5, 0.6) is 0 Å². The highest BCUT2D eigenvalue weighted by molar-refractivity contribution is 6.42. The van der Waals surface area contributed by atoms with Crippen LogP contribution in [0.15, 0.2) is 53.3 Å². The van der Waals surface area contributed by atoms with Gasteiger partial charge in [0.15, 0.2) is 0 Å². The number of hydrogen-bond donors (Lipinski definition) is 1. The van der Waals surface area contributed by atoms with Gasteiger partial charge in [0.05, 0.1) is 15.7 Å². The number of benzene rings is 2. The number of amides is 2. The van der Waals surface area contributed by atoms with Gasteiger partial charge in [0.1, 0.15) is 5.82 Å². The predicted molar refractivity (Wildman–Crippen MR) is 118 cm³/mol. The molecule has 3 aromatic rings. The third-order valence-corrected chi connectivity index (χ3v) is 5.95. The number of aryl methyl sites for hydroxylation is 1. The molecule has 0 spiro atoms. The van der Waals surface area contributed by atoms with Gasteiger partial charge in [0, 0.05) is 31.7 Å². The molecule has 156 valence electrons. The number of hydrogen-bond acceptors (Lipinski definition) is 3. The van der Waals surface area contributed by atoms with Crippen LogP contribution >= 0.6 is 23.2 Å². The van der Waals surface area contributed by atoms with E-state index in [1.54, 1.807) is 34.7 Å². The van der Waals surface area contributed by atoms with E-state index < -0.39 is 0 Å². The van der Waals surface area contributed by atoms with Gasteiger partial charge in [-0.05, 0) is 43.2 Å². The average Bonchev–Trinajstić information content (AvgIpc) is 3.06. The van der Waals surface area contributed by atoms with Crippen molar-refractivity contribution in [2.75, 3.05) is 18.4 Å². The van der Waals surface area contributed by atoms with E-state index in [2.05, 4.69) is 10.4 Å². The van der Waals surface area contributed by atoms with Crippen LogP contribution in [0.2, 0.25) is 10.0 Å². The summed E-state index contributed by atoms with van der Waals surface area (Å²) in [5, 5.41) is 8.16. The molecule has 1 atom stereocenters. The number of para-hydroxylation sites is 1. The fourth-order valence-corrected chi connectivity index (χ4v) is 4.01. The van der Waals surface area contributed by atoms with Crippen molar-refractivity contribution >= 4 is 34.9 Å².